The normalized spacial score (nSPS) is 10.7. The van der Waals surface area contributed by atoms with Gasteiger partial charge in [0, 0.05) is 22.8 Å². The lowest BCUT2D eigenvalue weighted by Gasteiger charge is -2.08. The summed E-state index contributed by atoms with van der Waals surface area (Å²) in [7, 11) is 3.52. The lowest BCUT2D eigenvalue weighted by Crippen LogP contribution is -2.15. The molecule has 0 radical (unpaired) electrons. The van der Waals surface area contributed by atoms with E-state index in [2.05, 4.69) is 31.4 Å². The molecule has 0 fully saturated rings. The third kappa shape index (κ3) is 4.70. The molecule has 27 heavy (non-hydrogen) atoms. The Hall–Kier alpha value is -2.32. The van der Waals surface area contributed by atoms with Gasteiger partial charge in [0.25, 0.3) is 0 Å². The quantitative estimate of drug-likeness (QED) is 0.571. The number of methoxy groups -OCH3 is 1. The standard InChI is InChI=1S/C19H19BrN4O2S/c1-12-10-14(20)6-9-16(12)21-17(25)11-27-19-23-22-18(24(19)2)13-4-7-15(26-3)8-5-13/h4-10H,11H2,1-3H3,(H,21,25). The maximum Gasteiger partial charge on any atom is 0.234 e. The largest absolute Gasteiger partial charge is 0.497 e. The second kappa shape index (κ2) is 8.58. The average molecular weight is 447 g/mol. The van der Waals surface area contributed by atoms with E-state index >= 15 is 0 Å². The van der Waals surface area contributed by atoms with E-state index in [0.29, 0.717) is 5.16 Å². The Balaban J connectivity index is 1.64. The van der Waals surface area contributed by atoms with Crippen LogP contribution in [-0.2, 0) is 11.8 Å². The van der Waals surface area contributed by atoms with Gasteiger partial charge in [-0.25, -0.2) is 0 Å². The van der Waals surface area contributed by atoms with Crippen LogP contribution in [0.25, 0.3) is 11.4 Å². The number of aromatic nitrogens is 3. The average Bonchev–Trinajstić information content (AvgIpc) is 3.03. The van der Waals surface area contributed by atoms with Crippen molar-refractivity contribution in [1.29, 1.82) is 0 Å². The molecule has 0 spiro atoms. The second-order valence-electron chi connectivity index (χ2n) is 5.89. The highest BCUT2D eigenvalue weighted by atomic mass is 79.9. The molecule has 3 aromatic rings. The van der Waals surface area contributed by atoms with Crippen molar-refractivity contribution in [2.45, 2.75) is 12.1 Å². The van der Waals surface area contributed by atoms with Gasteiger partial charge in [0.1, 0.15) is 5.75 Å². The van der Waals surface area contributed by atoms with Crippen molar-refractivity contribution in [3.05, 3.63) is 52.5 Å². The van der Waals surface area contributed by atoms with Crippen molar-refractivity contribution in [3.8, 4) is 17.1 Å². The number of hydrogen-bond donors (Lipinski definition) is 1. The highest BCUT2D eigenvalue weighted by Crippen LogP contribution is 2.25. The van der Waals surface area contributed by atoms with Gasteiger partial charge in [-0.3, -0.25) is 4.79 Å². The van der Waals surface area contributed by atoms with Gasteiger partial charge < -0.3 is 14.6 Å². The molecule has 0 bridgehead atoms. The zero-order valence-corrected chi connectivity index (χ0v) is 17.6. The molecule has 0 saturated heterocycles. The summed E-state index contributed by atoms with van der Waals surface area (Å²) in [5.41, 5.74) is 2.75. The lowest BCUT2D eigenvalue weighted by molar-refractivity contribution is -0.113. The van der Waals surface area contributed by atoms with Crippen LogP contribution in [0.1, 0.15) is 5.56 Å². The fraction of sp³-hybridized carbons (Fsp3) is 0.211. The maximum atomic E-state index is 12.3. The molecule has 2 aromatic carbocycles. The van der Waals surface area contributed by atoms with Crippen LogP contribution in [-0.4, -0.2) is 33.5 Å². The molecule has 3 rings (SSSR count). The molecule has 0 aliphatic rings. The van der Waals surface area contributed by atoms with Gasteiger partial charge in [-0.2, -0.15) is 0 Å². The van der Waals surface area contributed by atoms with Crippen LogP contribution in [0.5, 0.6) is 5.75 Å². The van der Waals surface area contributed by atoms with E-state index in [1.54, 1.807) is 7.11 Å². The Morgan fingerprint density at radius 1 is 1.22 bits per heavy atom. The minimum atomic E-state index is -0.0839. The first-order chi connectivity index (χ1) is 13.0. The molecule has 1 aromatic heterocycles. The van der Waals surface area contributed by atoms with Crippen molar-refractivity contribution in [2.75, 3.05) is 18.2 Å². The monoisotopic (exact) mass is 446 g/mol. The van der Waals surface area contributed by atoms with Gasteiger partial charge in [-0.15, -0.1) is 10.2 Å². The number of thioether (sulfide) groups is 1. The predicted octanol–water partition coefficient (Wildman–Crippen LogP) is 4.29. The molecule has 1 amide bonds. The Morgan fingerprint density at radius 3 is 2.63 bits per heavy atom. The minimum absolute atomic E-state index is 0.0839. The Bertz CT molecular complexity index is 957. The number of ether oxygens (including phenoxy) is 1. The van der Waals surface area contributed by atoms with Crippen LogP contribution in [0.4, 0.5) is 5.69 Å². The Kier molecular flexibility index (Phi) is 6.18. The second-order valence-corrected chi connectivity index (χ2v) is 7.75. The van der Waals surface area contributed by atoms with Crippen molar-refractivity contribution in [3.63, 3.8) is 0 Å². The van der Waals surface area contributed by atoms with Gasteiger partial charge >= 0.3 is 0 Å². The number of carbonyl (C=O) groups is 1. The van der Waals surface area contributed by atoms with Crippen LogP contribution < -0.4 is 10.1 Å². The maximum absolute atomic E-state index is 12.3. The van der Waals surface area contributed by atoms with Crippen molar-refractivity contribution in [2.24, 2.45) is 7.05 Å². The molecule has 8 heteroatoms. The topological polar surface area (TPSA) is 69.0 Å². The molecule has 0 atom stereocenters. The number of anilines is 1. The van der Waals surface area contributed by atoms with Crippen LogP contribution >= 0.6 is 27.7 Å². The first-order valence-corrected chi connectivity index (χ1v) is 9.98. The minimum Gasteiger partial charge on any atom is -0.497 e. The summed E-state index contributed by atoms with van der Waals surface area (Å²) in [6, 6.07) is 13.4. The summed E-state index contributed by atoms with van der Waals surface area (Å²) in [5.74, 6) is 1.70. The lowest BCUT2D eigenvalue weighted by atomic mass is 10.2. The first-order valence-electron chi connectivity index (χ1n) is 8.20. The molecule has 0 saturated carbocycles. The Labute approximate surface area is 170 Å². The number of halogens is 1. The third-order valence-electron chi connectivity index (χ3n) is 3.98. The number of benzene rings is 2. The van der Waals surface area contributed by atoms with Crippen molar-refractivity contribution in [1.82, 2.24) is 14.8 Å². The molecule has 6 nitrogen and oxygen atoms in total. The molecular weight excluding hydrogens is 428 g/mol. The highest BCUT2D eigenvalue weighted by Gasteiger charge is 2.13. The molecule has 1 heterocycles. The number of aryl methyl sites for hydroxylation is 1. The molecule has 0 aliphatic carbocycles. The molecule has 140 valence electrons. The summed E-state index contributed by atoms with van der Waals surface area (Å²) in [5, 5.41) is 12.1. The van der Waals surface area contributed by atoms with Gasteiger partial charge in [-0.05, 0) is 55.0 Å². The van der Waals surface area contributed by atoms with E-state index in [9.17, 15) is 4.79 Å². The number of nitrogens with zero attached hydrogens (tertiary/aromatic N) is 3. The summed E-state index contributed by atoms with van der Waals surface area (Å²) < 4.78 is 8.04. The summed E-state index contributed by atoms with van der Waals surface area (Å²) in [6.45, 7) is 1.96. The van der Waals surface area contributed by atoms with E-state index in [1.807, 2.05) is 61.0 Å². The molecule has 0 aliphatic heterocycles. The van der Waals surface area contributed by atoms with E-state index in [0.717, 1.165) is 32.9 Å². The molecular formula is C19H19BrN4O2S. The zero-order valence-electron chi connectivity index (χ0n) is 15.2. The van der Waals surface area contributed by atoms with Gasteiger partial charge in [0.2, 0.25) is 5.91 Å². The van der Waals surface area contributed by atoms with Crippen LogP contribution in [0.3, 0.4) is 0 Å². The predicted molar refractivity (Wildman–Crippen MR) is 111 cm³/mol. The van der Waals surface area contributed by atoms with Gasteiger partial charge in [0.05, 0.1) is 12.9 Å². The fourth-order valence-electron chi connectivity index (χ4n) is 2.52. The van der Waals surface area contributed by atoms with Crippen molar-refractivity contribution >= 4 is 39.3 Å². The zero-order chi connectivity index (χ0) is 19.4. The number of carbonyl (C=O) groups excluding carboxylic acids is 1. The number of hydrogen-bond acceptors (Lipinski definition) is 5. The highest BCUT2D eigenvalue weighted by molar-refractivity contribution is 9.10. The van der Waals surface area contributed by atoms with E-state index < -0.39 is 0 Å². The fourth-order valence-corrected chi connectivity index (χ4v) is 3.70. The first kappa shape index (κ1) is 19.4. The van der Waals surface area contributed by atoms with Crippen LogP contribution in [0, 0.1) is 6.92 Å². The molecule has 0 unspecified atom stereocenters. The third-order valence-corrected chi connectivity index (χ3v) is 5.49. The van der Waals surface area contributed by atoms with Crippen LogP contribution in [0.15, 0.2) is 52.1 Å². The summed E-state index contributed by atoms with van der Waals surface area (Å²) >= 11 is 4.77. The number of nitrogens with one attached hydrogen (secondary N) is 1. The van der Waals surface area contributed by atoms with Gasteiger partial charge in [0.15, 0.2) is 11.0 Å². The van der Waals surface area contributed by atoms with Gasteiger partial charge in [-0.1, -0.05) is 27.7 Å². The SMILES string of the molecule is COc1ccc(-c2nnc(SCC(=O)Nc3ccc(Br)cc3C)n2C)cc1. The summed E-state index contributed by atoms with van der Waals surface area (Å²) in [6.07, 6.45) is 0. The molecule has 1 N–H and O–H groups in total. The van der Waals surface area contributed by atoms with E-state index in [1.165, 1.54) is 11.8 Å². The van der Waals surface area contributed by atoms with E-state index in [-0.39, 0.29) is 11.7 Å². The Morgan fingerprint density at radius 2 is 1.96 bits per heavy atom. The number of rotatable bonds is 6. The van der Waals surface area contributed by atoms with Crippen LogP contribution in [0.2, 0.25) is 0 Å². The van der Waals surface area contributed by atoms with Crippen molar-refractivity contribution < 1.29 is 9.53 Å². The van der Waals surface area contributed by atoms with E-state index in [4.69, 9.17) is 4.74 Å². The smallest absolute Gasteiger partial charge is 0.234 e. The number of amides is 1. The summed E-state index contributed by atoms with van der Waals surface area (Å²) in [4.78, 5) is 12.3.